The second-order valence-electron chi connectivity index (χ2n) is 4.46. The van der Waals surface area contributed by atoms with Gasteiger partial charge in [-0.15, -0.1) is 16.8 Å². The monoisotopic (exact) mass is 359 g/mol. The molecule has 0 bridgehead atoms. The molecule has 2 N–H and O–H groups in total. The van der Waals surface area contributed by atoms with Crippen molar-refractivity contribution in [2.45, 2.75) is 11.3 Å². The van der Waals surface area contributed by atoms with Crippen LogP contribution in [0.1, 0.15) is 5.56 Å². The number of amides is 3. The van der Waals surface area contributed by atoms with E-state index in [0.29, 0.717) is 0 Å². The number of pyridine rings is 1. The molecule has 0 atom stereocenters. The van der Waals surface area contributed by atoms with E-state index in [1.54, 1.807) is 0 Å². The van der Waals surface area contributed by atoms with Crippen LogP contribution in [0.5, 0.6) is 0 Å². The van der Waals surface area contributed by atoms with Gasteiger partial charge >= 0.3 is 12.2 Å². The Bertz CT molecular complexity index is 775. The summed E-state index contributed by atoms with van der Waals surface area (Å²) in [5, 5.41) is 12.0. The number of nitrogens with one attached hydrogen (secondary N) is 2. The first kappa shape index (κ1) is 17.8. The molecule has 7 nitrogen and oxygen atoms in total. The van der Waals surface area contributed by atoms with E-state index in [2.05, 4.69) is 27.4 Å². The number of urea groups is 1. The van der Waals surface area contributed by atoms with Gasteiger partial charge in [0.1, 0.15) is 0 Å². The summed E-state index contributed by atoms with van der Waals surface area (Å²) in [5.41, 5.74) is -0.639. The molecule has 0 unspecified atom stereocenters. The number of fused-ring (bicyclic) bond motifs is 1. The lowest BCUT2D eigenvalue weighted by Crippen LogP contribution is -2.40. The van der Waals surface area contributed by atoms with Crippen LogP contribution in [0.3, 0.4) is 0 Å². The molecule has 0 spiro atoms. The van der Waals surface area contributed by atoms with Crippen LogP contribution in [0, 0.1) is 0 Å². The van der Waals surface area contributed by atoms with E-state index in [1.165, 1.54) is 12.1 Å². The van der Waals surface area contributed by atoms with Crippen LogP contribution in [-0.2, 0) is 11.0 Å². The van der Waals surface area contributed by atoms with Crippen LogP contribution in [-0.4, -0.2) is 38.8 Å². The smallest absolute Gasteiger partial charge is 0.334 e. The van der Waals surface area contributed by atoms with Crippen LogP contribution < -0.4 is 10.6 Å². The van der Waals surface area contributed by atoms with Crippen molar-refractivity contribution in [2.75, 3.05) is 12.3 Å². The summed E-state index contributed by atoms with van der Waals surface area (Å²) in [4.78, 5) is 22.9. The minimum atomic E-state index is -4.50. The number of alkyl halides is 3. The average molecular weight is 359 g/mol. The third-order valence-corrected chi connectivity index (χ3v) is 3.63. The highest BCUT2D eigenvalue weighted by atomic mass is 32.2. The largest absolute Gasteiger partial charge is 0.417 e. The molecule has 0 saturated carbocycles. The number of nitrogens with zero attached hydrogens (tertiary/aromatic N) is 3. The van der Waals surface area contributed by atoms with Crippen molar-refractivity contribution in [1.29, 1.82) is 0 Å². The average Bonchev–Trinajstić information content (AvgIpc) is 2.92. The van der Waals surface area contributed by atoms with Crippen LogP contribution in [0.15, 0.2) is 36.1 Å². The number of aromatic nitrogens is 3. The van der Waals surface area contributed by atoms with Gasteiger partial charge in [0, 0.05) is 12.7 Å². The van der Waals surface area contributed by atoms with E-state index in [1.807, 2.05) is 0 Å². The Kier molecular flexibility index (Phi) is 5.44. The molecule has 0 aliphatic heterocycles. The van der Waals surface area contributed by atoms with Crippen LogP contribution >= 0.6 is 11.8 Å². The highest BCUT2D eigenvalue weighted by Crippen LogP contribution is 2.30. The number of imide groups is 1. The minimum absolute atomic E-state index is 0.109. The van der Waals surface area contributed by atoms with Crippen molar-refractivity contribution in [1.82, 2.24) is 25.2 Å². The van der Waals surface area contributed by atoms with Crippen molar-refractivity contribution in [3.63, 3.8) is 0 Å². The molecule has 24 heavy (non-hydrogen) atoms. The molecule has 0 radical (unpaired) electrons. The van der Waals surface area contributed by atoms with Crippen LogP contribution in [0.2, 0.25) is 0 Å². The maximum absolute atomic E-state index is 12.7. The topological polar surface area (TPSA) is 88.4 Å². The first-order chi connectivity index (χ1) is 11.3. The maximum Gasteiger partial charge on any atom is 0.417 e. The molecule has 128 valence electrons. The minimum Gasteiger partial charge on any atom is -0.334 e. The van der Waals surface area contributed by atoms with Gasteiger partial charge in [-0.1, -0.05) is 17.8 Å². The summed E-state index contributed by atoms with van der Waals surface area (Å²) in [6, 6.07) is 1.39. The van der Waals surface area contributed by atoms with Crippen molar-refractivity contribution in [2.24, 2.45) is 0 Å². The molecule has 3 amide bonds. The fourth-order valence-electron chi connectivity index (χ4n) is 1.64. The standard InChI is InChI=1S/C13H12F3N5O2S/c1-2-5-17-11(23)18-10(22)7-24-12-20-19-9-4-3-8(6-21(9)12)13(14,15)16/h2-4,6H,1,5,7H2,(H2,17,18,22,23). The van der Waals surface area contributed by atoms with Gasteiger partial charge in [0.05, 0.1) is 11.3 Å². The number of carbonyl (C=O) groups is 2. The van der Waals surface area contributed by atoms with Gasteiger partial charge in [0.15, 0.2) is 10.8 Å². The van der Waals surface area contributed by atoms with E-state index in [-0.39, 0.29) is 23.1 Å². The Balaban J connectivity index is 2.03. The Morgan fingerprint density at radius 2 is 2.08 bits per heavy atom. The molecule has 0 fully saturated rings. The molecule has 0 aromatic carbocycles. The Labute approximate surface area is 138 Å². The number of hydrogen-bond acceptors (Lipinski definition) is 5. The maximum atomic E-state index is 12.7. The van der Waals surface area contributed by atoms with Gasteiger partial charge in [-0.25, -0.2) is 4.79 Å². The fraction of sp³-hybridized carbons (Fsp3) is 0.231. The van der Waals surface area contributed by atoms with Gasteiger partial charge in [0.25, 0.3) is 0 Å². The fourth-order valence-corrected chi connectivity index (χ4v) is 2.35. The molecular weight excluding hydrogens is 347 g/mol. The molecule has 2 rings (SSSR count). The molecule has 2 heterocycles. The summed E-state index contributed by atoms with van der Waals surface area (Å²) >= 11 is 0.860. The molecule has 0 saturated heterocycles. The Morgan fingerprint density at radius 3 is 2.75 bits per heavy atom. The van der Waals surface area contributed by atoms with Crippen LogP contribution in [0.25, 0.3) is 5.65 Å². The summed E-state index contributed by atoms with van der Waals surface area (Å²) < 4.78 is 39.3. The highest BCUT2D eigenvalue weighted by molar-refractivity contribution is 7.99. The highest BCUT2D eigenvalue weighted by Gasteiger charge is 2.31. The third-order valence-electron chi connectivity index (χ3n) is 2.69. The summed E-state index contributed by atoms with van der Waals surface area (Å²) in [5.74, 6) is -0.830. The lowest BCUT2D eigenvalue weighted by Gasteiger charge is -2.07. The van der Waals surface area contributed by atoms with Crippen LogP contribution in [0.4, 0.5) is 18.0 Å². The number of halogens is 3. The second kappa shape index (κ2) is 7.34. The molecule has 0 aliphatic carbocycles. The third kappa shape index (κ3) is 4.47. The first-order valence-electron chi connectivity index (χ1n) is 6.54. The van der Waals surface area contributed by atoms with Gasteiger partial charge in [0.2, 0.25) is 5.91 Å². The predicted octanol–water partition coefficient (Wildman–Crippen LogP) is 1.85. The van der Waals surface area contributed by atoms with Crippen molar-refractivity contribution in [3.8, 4) is 0 Å². The van der Waals surface area contributed by atoms with Crippen molar-refractivity contribution >= 4 is 29.3 Å². The van der Waals surface area contributed by atoms with E-state index in [0.717, 1.165) is 28.4 Å². The zero-order valence-corrected chi connectivity index (χ0v) is 12.9. The molecular formula is C13H12F3N5O2S. The SMILES string of the molecule is C=CCNC(=O)NC(=O)CSc1nnc2ccc(C(F)(F)F)cn12. The molecule has 11 heteroatoms. The zero-order chi connectivity index (χ0) is 17.7. The molecule has 2 aromatic rings. The predicted molar refractivity (Wildman–Crippen MR) is 80.5 cm³/mol. The summed E-state index contributed by atoms with van der Waals surface area (Å²) in [7, 11) is 0. The second-order valence-corrected chi connectivity index (χ2v) is 5.40. The number of rotatable bonds is 5. The van der Waals surface area contributed by atoms with Gasteiger partial charge in [-0.2, -0.15) is 13.2 Å². The van der Waals surface area contributed by atoms with Gasteiger partial charge in [-0.3, -0.25) is 14.5 Å². The van der Waals surface area contributed by atoms with E-state index >= 15 is 0 Å². The van der Waals surface area contributed by atoms with Gasteiger partial charge < -0.3 is 5.32 Å². The summed E-state index contributed by atoms with van der Waals surface area (Å²) in [6.45, 7) is 3.60. The van der Waals surface area contributed by atoms with E-state index in [9.17, 15) is 22.8 Å². The number of hydrogen-bond donors (Lipinski definition) is 2. The zero-order valence-electron chi connectivity index (χ0n) is 12.1. The first-order valence-corrected chi connectivity index (χ1v) is 7.53. The number of carbonyl (C=O) groups excluding carboxylic acids is 2. The van der Waals surface area contributed by atoms with Crippen molar-refractivity contribution < 1.29 is 22.8 Å². The Hall–Kier alpha value is -2.56. The lowest BCUT2D eigenvalue weighted by atomic mass is 10.3. The molecule has 0 aliphatic rings. The van der Waals surface area contributed by atoms with Gasteiger partial charge in [-0.05, 0) is 12.1 Å². The molecule has 2 aromatic heterocycles. The normalized spacial score (nSPS) is 11.3. The Morgan fingerprint density at radius 1 is 1.33 bits per heavy atom. The quantitative estimate of drug-likeness (QED) is 0.628. The number of thioether (sulfide) groups is 1. The van der Waals surface area contributed by atoms with E-state index in [4.69, 9.17) is 0 Å². The van der Waals surface area contributed by atoms with E-state index < -0.39 is 23.7 Å². The summed E-state index contributed by atoms with van der Waals surface area (Å²) in [6.07, 6.45) is -2.20. The van der Waals surface area contributed by atoms with Crippen molar-refractivity contribution in [3.05, 3.63) is 36.5 Å². The lowest BCUT2D eigenvalue weighted by molar-refractivity contribution is -0.137.